The van der Waals surface area contributed by atoms with E-state index in [1.807, 2.05) is 0 Å². The zero-order valence-electron chi connectivity index (χ0n) is 10.7. The second-order valence-corrected chi connectivity index (χ2v) is 6.32. The van der Waals surface area contributed by atoms with Crippen molar-refractivity contribution in [2.45, 2.75) is 13.0 Å². The predicted molar refractivity (Wildman–Crippen MR) is 68.8 cm³/mol. The summed E-state index contributed by atoms with van der Waals surface area (Å²) in [6.45, 7) is 1.66. The summed E-state index contributed by atoms with van der Waals surface area (Å²) in [7, 11) is -1.54. The van der Waals surface area contributed by atoms with Crippen molar-refractivity contribution in [2.75, 3.05) is 25.7 Å². The molecule has 0 aliphatic rings. The van der Waals surface area contributed by atoms with Crippen molar-refractivity contribution in [3.63, 3.8) is 0 Å². The highest BCUT2D eigenvalue weighted by molar-refractivity contribution is 7.90. The summed E-state index contributed by atoms with van der Waals surface area (Å²) in [6, 6.07) is 5.04. The monoisotopic (exact) mass is 274 g/mol. The lowest BCUT2D eigenvalue weighted by molar-refractivity contribution is 0.192. The SMILES string of the molecule is COc1ccc([C@H](C)O)c(OCCS(C)(=O)=O)c1. The first-order chi connectivity index (χ1) is 8.33. The molecule has 1 aromatic carbocycles. The molecule has 0 fully saturated rings. The first-order valence-corrected chi connectivity index (χ1v) is 7.56. The Morgan fingerprint density at radius 2 is 2.06 bits per heavy atom. The highest BCUT2D eigenvalue weighted by Crippen LogP contribution is 2.29. The fraction of sp³-hybridized carbons (Fsp3) is 0.500. The van der Waals surface area contributed by atoms with Gasteiger partial charge in [0, 0.05) is 17.9 Å². The Morgan fingerprint density at radius 3 is 2.56 bits per heavy atom. The van der Waals surface area contributed by atoms with Gasteiger partial charge in [0.25, 0.3) is 0 Å². The van der Waals surface area contributed by atoms with E-state index in [1.165, 1.54) is 7.11 Å². The average molecular weight is 274 g/mol. The lowest BCUT2D eigenvalue weighted by Gasteiger charge is -2.14. The largest absolute Gasteiger partial charge is 0.497 e. The van der Waals surface area contributed by atoms with Gasteiger partial charge in [0.05, 0.1) is 19.0 Å². The van der Waals surface area contributed by atoms with Crippen LogP contribution in [0.2, 0.25) is 0 Å². The van der Waals surface area contributed by atoms with Crippen LogP contribution in [0.4, 0.5) is 0 Å². The third-order valence-electron chi connectivity index (χ3n) is 2.38. The van der Waals surface area contributed by atoms with Crippen molar-refractivity contribution in [1.82, 2.24) is 0 Å². The third kappa shape index (κ3) is 4.54. The highest BCUT2D eigenvalue weighted by Gasteiger charge is 2.11. The molecule has 0 spiro atoms. The Kier molecular flexibility index (Phi) is 4.98. The molecule has 102 valence electrons. The number of ether oxygens (including phenoxy) is 2. The number of methoxy groups -OCH3 is 1. The molecule has 0 aliphatic carbocycles. The zero-order valence-corrected chi connectivity index (χ0v) is 11.5. The molecular formula is C12H18O5S. The molecule has 1 atom stereocenters. The topological polar surface area (TPSA) is 72.8 Å². The first-order valence-electron chi connectivity index (χ1n) is 5.50. The van der Waals surface area contributed by atoms with E-state index in [1.54, 1.807) is 25.1 Å². The molecular weight excluding hydrogens is 256 g/mol. The van der Waals surface area contributed by atoms with Gasteiger partial charge >= 0.3 is 0 Å². The molecule has 0 unspecified atom stereocenters. The van der Waals surface area contributed by atoms with Crippen LogP contribution in [0, 0.1) is 0 Å². The number of benzene rings is 1. The van der Waals surface area contributed by atoms with Crippen molar-refractivity contribution in [1.29, 1.82) is 0 Å². The van der Waals surface area contributed by atoms with E-state index in [0.717, 1.165) is 6.26 Å². The quantitative estimate of drug-likeness (QED) is 0.843. The minimum Gasteiger partial charge on any atom is -0.497 e. The highest BCUT2D eigenvalue weighted by atomic mass is 32.2. The van der Waals surface area contributed by atoms with Crippen molar-refractivity contribution >= 4 is 9.84 Å². The number of aliphatic hydroxyl groups excluding tert-OH is 1. The average Bonchev–Trinajstić information content (AvgIpc) is 2.26. The molecule has 0 heterocycles. The molecule has 0 saturated carbocycles. The van der Waals surface area contributed by atoms with Gasteiger partial charge in [-0.15, -0.1) is 0 Å². The van der Waals surface area contributed by atoms with Gasteiger partial charge in [-0.05, 0) is 19.1 Å². The van der Waals surface area contributed by atoms with Crippen LogP contribution in [0.3, 0.4) is 0 Å². The van der Waals surface area contributed by atoms with Gasteiger partial charge in [0.1, 0.15) is 18.1 Å². The van der Waals surface area contributed by atoms with E-state index >= 15 is 0 Å². The fourth-order valence-corrected chi connectivity index (χ4v) is 1.80. The van der Waals surface area contributed by atoms with E-state index in [2.05, 4.69) is 0 Å². The summed E-state index contributed by atoms with van der Waals surface area (Å²) < 4.78 is 32.5. The lowest BCUT2D eigenvalue weighted by Crippen LogP contribution is -2.13. The maximum absolute atomic E-state index is 11.0. The van der Waals surface area contributed by atoms with Gasteiger partial charge < -0.3 is 14.6 Å². The Bertz CT molecular complexity index is 493. The van der Waals surface area contributed by atoms with Crippen LogP contribution in [-0.2, 0) is 9.84 Å². The second-order valence-electron chi connectivity index (χ2n) is 4.06. The number of sulfone groups is 1. The van der Waals surface area contributed by atoms with E-state index < -0.39 is 15.9 Å². The minimum atomic E-state index is -3.06. The molecule has 0 bridgehead atoms. The van der Waals surface area contributed by atoms with Crippen LogP contribution in [0.1, 0.15) is 18.6 Å². The molecule has 1 N–H and O–H groups in total. The Hall–Kier alpha value is -1.27. The molecule has 1 aromatic rings. The predicted octanol–water partition coefficient (Wildman–Crippen LogP) is 1.17. The van der Waals surface area contributed by atoms with Gasteiger partial charge in [-0.1, -0.05) is 0 Å². The van der Waals surface area contributed by atoms with Crippen LogP contribution in [0.25, 0.3) is 0 Å². The molecule has 5 nitrogen and oxygen atoms in total. The second kappa shape index (κ2) is 6.06. The Morgan fingerprint density at radius 1 is 1.39 bits per heavy atom. The standard InChI is InChI=1S/C12H18O5S/c1-9(13)11-5-4-10(16-2)8-12(11)17-6-7-18(3,14)15/h4-5,8-9,13H,6-7H2,1-3H3/t9-/m0/s1. The van der Waals surface area contributed by atoms with Gasteiger partial charge in [-0.25, -0.2) is 8.42 Å². The third-order valence-corrected chi connectivity index (χ3v) is 3.29. The summed E-state index contributed by atoms with van der Waals surface area (Å²) in [5, 5.41) is 9.59. The number of hydrogen-bond donors (Lipinski definition) is 1. The molecule has 0 radical (unpaired) electrons. The van der Waals surface area contributed by atoms with Gasteiger partial charge in [0.2, 0.25) is 0 Å². The maximum atomic E-state index is 11.0. The molecule has 6 heteroatoms. The maximum Gasteiger partial charge on any atom is 0.150 e. The summed E-state index contributed by atoms with van der Waals surface area (Å²) in [4.78, 5) is 0. The Labute approximate surface area is 107 Å². The zero-order chi connectivity index (χ0) is 13.8. The summed E-state index contributed by atoms with van der Waals surface area (Å²) in [5.41, 5.74) is 0.601. The van der Waals surface area contributed by atoms with E-state index in [0.29, 0.717) is 17.1 Å². The van der Waals surface area contributed by atoms with Gasteiger partial charge in [-0.2, -0.15) is 0 Å². The molecule has 0 aromatic heterocycles. The van der Waals surface area contributed by atoms with E-state index in [4.69, 9.17) is 9.47 Å². The van der Waals surface area contributed by atoms with Crippen LogP contribution < -0.4 is 9.47 Å². The van der Waals surface area contributed by atoms with E-state index in [-0.39, 0.29) is 12.4 Å². The van der Waals surface area contributed by atoms with Gasteiger partial charge in [0.15, 0.2) is 9.84 Å². The molecule has 18 heavy (non-hydrogen) atoms. The van der Waals surface area contributed by atoms with Crippen LogP contribution in [-0.4, -0.2) is 39.2 Å². The molecule has 1 rings (SSSR count). The summed E-state index contributed by atoms with van der Waals surface area (Å²) in [6.07, 6.45) is 0.460. The van der Waals surface area contributed by atoms with Crippen LogP contribution in [0.15, 0.2) is 18.2 Å². The van der Waals surface area contributed by atoms with Crippen LogP contribution in [0.5, 0.6) is 11.5 Å². The number of hydrogen-bond acceptors (Lipinski definition) is 5. The normalized spacial score (nSPS) is 13.1. The minimum absolute atomic E-state index is 0.0473. The molecule has 0 amide bonds. The molecule has 0 saturated heterocycles. The van der Waals surface area contributed by atoms with E-state index in [9.17, 15) is 13.5 Å². The Balaban J connectivity index is 2.84. The fourth-order valence-electron chi connectivity index (χ4n) is 1.41. The van der Waals surface area contributed by atoms with Crippen molar-refractivity contribution in [2.24, 2.45) is 0 Å². The smallest absolute Gasteiger partial charge is 0.150 e. The van der Waals surface area contributed by atoms with Crippen molar-refractivity contribution in [3.05, 3.63) is 23.8 Å². The summed E-state index contributed by atoms with van der Waals surface area (Å²) in [5.74, 6) is 0.963. The number of aliphatic hydroxyl groups is 1. The van der Waals surface area contributed by atoms with Crippen molar-refractivity contribution in [3.8, 4) is 11.5 Å². The van der Waals surface area contributed by atoms with Crippen LogP contribution >= 0.6 is 0 Å². The summed E-state index contributed by atoms with van der Waals surface area (Å²) >= 11 is 0. The van der Waals surface area contributed by atoms with Crippen molar-refractivity contribution < 1.29 is 23.0 Å². The molecule has 0 aliphatic heterocycles. The number of rotatable bonds is 6. The lowest BCUT2D eigenvalue weighted by atomic mass is 10.1. The van der Waals surface area contributed by atoms with Gasteiger partial charge in [-0.3, -0.25) is 0 Å². The first kappa shape index (κ1) is 14.8.